The highest BCUT2D eigenvalue weighted by Gasteiger charge is 2.21. The molecule has 0 aliphatic carbocycles. The molecular formula is C8H16N2O. The highest BCUT2D eigenvalue weighted by atomic mass is 16.2. The van der Waals surface area contributed by atoms with E-state index in [9.17, 15) is 4.79 Å². The Morgan fingerprint density at radius 2 is 2.45 bits per heavy atom. The van der Waals surface area contributed by atoms with E-state index >= 15 is 0 Å². The first-order valence-electron chi connectivity index (χ1n) is 4.24. The van der Waals surface area contributed by atoms with Gasteiger partial charge in [-0.1, -0.05) is 6.92 Å². The lowest BCUT2D eigenvalue weighted by Crippen LogP contribution is -2.41. The van der Waals surface area contributed by atoms with Crippen LogP contribution in [0.5, 0.6) is 0 Å². The molecule has 0 bridgehead atoms. The zero-order chi connectivity index (χ0) is 8.27. The highest BCUT2D eigenvalue weighted by molar-refractivity contribution is 5.81. The van der Waals surface area contributed by atoms with Gasteiger partial charge in [-0.3, -0.25) is 4.79 Å². The van der Waals surface area contributed by atoms with Crippen molar-refractivity contribution in [1.82, 2.24) is 10.2 Å². The lowest BCUT2D eigenvalue weighted by atomic mass is 10.2. The molecule has 1 heterocycles. The van der Waals surface area contributed by atoms with Crippen LogP contribution in [0.3, 0.4) is 0 Å². The number of carbonyl (C=O) groups excluding carboxylic acids is 1. The fourth-order valence-electron chi connectivity index (χ4n) is 1.38. The molecule has 1 aliphatic rings. The summed E-state index contributed by atoms with van der Waals surface area (Å²) in [6.07, 6.45) is 1.96. The largest absolute Gasteiger partial charge is 0.344 e. The molecule has 1 aliphatic heterocycles. The molecule has 0 radical (unpaired) electrons. The van der Waals surface area contributed by atoms with Gasteiger partial charge in [-0.2, -0.15) is 0 Å². The number of amides is 1. The summed E-state index contributed by atoms with van der Waals surface area (Å²) in [5, 5.41) is 3.22. The molecule has 1 saturated heterocycles. The van der Waals surface area contributed by atoms with Gasteiger partial charge in [0, 0.05) is 13.6 Å². The molecular weight excluding hydrogens is 140 g/mol. The van der Waals surface area contributed by atoms with Crippen LogP contribution in [-0.2, 0) is 4.79 Å². The molecule has 1 fully saturated rings. The van der Waals surface area contributed by atoms with Gasteiger partial charge in [-0.05, 0) is 19.4 Å². The van der Waals surface area contributed by atoms with Crippen molar-refractivity contribution in [2.75, 3.05) is 20.1 Å². The topological polar surface area (TPSA) is 32.3 Å². The summed E-state index contributed by atoms with van der Waals surface area (Å²) in [6, 6.07) is 0.0579. The van der Waals surface area contributed by atoms with Gasteiger partial charge in [-0.25, -0.2) is 0 Å². The molecule has 0 spiro atoms. The van der Waals surface area contributed by atoms with Crippen LogP contribution < -0.4 is 5.32 Å². The number of carbonyl (C=O) groups is 1. The molecule has 11 heavy (non-hydrogen) atoms. The van der Waals surface area contributed by atoms with Gasteiger partial charge in [0.1, 0.15) is 0 Å². The molecule has 1 rings (SSSR count). The van der Waals surface area contributed by atoms with Crippen LogP contribution in [0.25, 0.3) is 0 Å². The zero-order valence-corrected chi connectivity index (χ0v) is 7.26. The van der Waals surface area contributed by atoms with E-state index in [0.717, 1.165) is 25.9 Å². The Balaban J connectivity index is 2.56. The quantitative estimate of drug-likeness (QED) is 0.589. The summed E-state index contributed by atoms with van der Waals surface area (Å²) >= 11 is 0. The summed E-state index contributed by atoms with van der Waals surface area (Å²) in [5.41, 5.74) is 0. The Bertz CT molecular complexity index is 147. The summed E-state index contributed by atoms with van der Waals surface area (Å²) in [7, 11) is 1.87. The Morgan fingerprint density at radius 1 is 1.73 bits per heavy atom. The van der Waals surface area contributed by atoms with E-state index in [1.165, 1.54) is 0 Å². The molecule has 0 aromatic heterocycles. The van der Waals surface area contributed by atoms with Crippen molar-refractivity contribution in [2.45, 2.75) is 25.8 Å². The number of rotatable bonds is 1. The second kappa shape index (κ2) is 3.72. The minimum Gasteiger partial charge on any atom is -0.344 e. The number of nitrogens with zero attached hydrogens (tertiary/aromatic N) is 1. The van der Waals surface area contributed by atoms with Crippen molar-refractivity contribution in [1.29, 1.82) is 0 Å². The summed E-state index contributed by atoms with van der Waals surface area (Å²) < 4.78 is 0. The van der Waals surface area contributed by atoms with Crippen LogP contribution in [0.2, 0.25) is 0 Å². The third-order valence-electron chi connectivity index (χ3n) is 2.14. The molecule has 1 N–H and O–H groups in total. The predicted octanol–water partition coefficient (Wildman–Crippen LogP) is 0.217. The minimum absolute atomic E-state index is 0.0579. The van der Waals surface area contributed by atoms with Crippen LogP contribution in [0.1, 0.15) is 19.8 Å². The molecule has 64 valence electrons. The first kappa shape index (κ1) is 8.53. The van der Waals surface area contributed by atoms with E-state index in [-0.39, 0.29) is 11.9 Å². The molecule has 3 nitrogen and oxygen atoms in total. The lowest BCUT2D eigenvalue weighted by molar-refractivity contribution is -0.131. The summed E-state index contributed by atoms with van der Waals surface area (Å²) in [4.78, 5) is 13.3. The normalized spacial score (nSPS) is 26.9. The predicted molar refractivity (Wildman–Crippen MR) is 44.3 cm³/mol. The van der Waals surface area contributed by atoms with Crippen molar-refractivity contribution in [2.24, 2.45) is 0 Å². The maximum absolute atomic E-state index is 11.4. The van der Waals surface area contributed by atoms with Gasteiger partial charge >= 0.3 is 0 Å². The maximum Gasteiger partial charge on any atom is 0.239 e. The van der Waals surface area contributed by atoms with E-state index in [1.54, 1.807) is 0 Å². The fourth-order valence-corrected chi connectivity index (χ4v) is 1.38. The third kappa shape index (κ3) is 1.93. The Kier molecular flexibility index (Phi) is 2.88. The SMILES string of the molecule is CCC1NCCCN(C)C1=O. The standard InChI is InChI=1S/C8H16N2O/c1-3-7-8(11)10(2)6-4-5-9-7/h7,9H,3-6H2,1-2H3. The second-order valence-electron chi connectivity index (χ2n) is 3.03. The van der Waals surface area contributed by atoms with Crippen molar-refractivity contribution in [3.63, 3.8) is 0 Å². The average molecular weight is 156 g/mol. The Labute approximate surface area is 67.8 Å². The van der Waals surface area contributed by atoms with Crippen molar-refractivity contribution < 1.29 is 4.79 Å². The highest BCUT2D eigenvalue weighted by Crippen LogP contribution is 2.02. The molecule has 3 heteroatoms. The molecule has 0 aromatic carbocycles. The first-order valence-corrected chi connectivity index (χ1v) is 4.24. The van der Waals surface area contributed by atoms with Gasteiger partial charge < -0.3 is 10.2 Å². The van der Waals surface area contributed by atoms with Crippen LogP contribution in [0.15, 0.2) is 0 Å². The molecule has 0 saturated carbocycles. The minimum atomic E-state index is 0.0579. The van der Waals surface area contributed by atoms with Crippen molar-refractivity contribution in [3.8, 4) is 0 Å². The Morgan fingerprint density at radius 3 is 3.09 bits per heavy atom. The van der Waals surface area contributed by atoms with Gasteiger partial charge in [-0.15, -0.1) is 0 Å². The zero-order valence-electron chi connectivity index (χ0n) is 7.26. The number of hydrogen-bond donors (Lipinski definition) is 1. The van der Waals surface area contributed by atoms with Crippen molar-refractivity contribution >= 4 is 5.91 Å². The van der Waals surface area contributed by atoms with E-state index in [4.69, 9.17) is 0 Å². The van der Waals surface area contributed by atoms with Crippen LogP contribution >= 0.6 is 0 Å². The van der Waals surface area contributed by atoms with E-state index < -0.39 is 0 Å². The first-order chi connectivity index (χ1) is 5.25. The molecule has 0 aromatic rings. The van der Waals surface area contributed by atoms with Crippen molar-refractivity contribution in [3.05, 3.63) is 0 Å². The van der Waals surface area contributed by atoms with Gasteiger partial charge in [0.05, 0.1) is 6.04 Å². The van der Waals surface area contributed by atoms with Gasteiger partial charge in [0.15, 0.2) is 0 Å². The van der Waals surface area contributed by atoms with Crippen LogP contribution in [-0.4, -0.2) is 37.0 Å². The lowest BCUT2D eigenvalue weighted by Gasteiger charge is -2.18. The fraction of sp³-hybridized carbons (Fsp3) is 0.875. The van der Waals surface area contributed by atoms with E-state index in [1.807, 2.05) is 18.9 Å². The molecule has 1 amide bonds. The third-order valence-corrected chi connectivity index (χ3v) is 2.14. The number of nitrogens with one attached hydrogen (secondary N) is 1. The molecule has 1 unspecified atom stereocenters. The number of likely N-dealkylation sites (N-methyl/N-ethyl adjacent to an activating group) is 1. The van der Waals surface area contributed by atoms with Crippen LogP contribution in [0.4, 0.5) is 0 Å². The van der Waals surface area contributed by atoms with Gasteiger partial charge in [0.25, 0.3) is 0 Å². The summed E-state index contributed by atoms with van der Waals surface area (Å²) in [6.45, 7) is 3.89. The van der Waals surface area contributed by atoms with Crippen LogP contribution in [0, 0.1) is 0 Å². The van der Waals surface area contributed by atoms with Gasteiger partial charge in [0.2, 0.25) is 5.91 Å². The number of hydrogen-bond acceptors (Lipinski definition) is 2. The average Bonchev–Trinajstić information content (AvgIpc) is 2.16. The van der Waals surface area contributed by atoms with E-state index in [2.05, 4.69) is 5.32 Å². The smallest absolute Gasteiger partial charge is 0.239 e. The van der Waals surface area contributed by atoms with E-state index in [0.29, 0.717) is 0 Å². The molecule has 1 atom stereocenters. The summed E-state index contributed by atoms with van der Waals surface area (Å²) in [5.74, 6) is 0.241. The second-order valence-corrected chi connectivity index (χ2v) is 3.03. The Hall–Kier alpha value is -0.570. The maximum atomic E-state index is 11.4. The monoisotopic (exact) mass is 156 g/mol.